The average molecular weight is 658 g/mol. The van der Waals surface area contributed by atoms with Gasteiger partial charge < -0.3 is 0 Å². The molecular weight excluding hydrogens is 631 g/mol. The number of aromatic nitrogens is 5. The Morgan fingerprint density at radius 3 is 1.70 bits per heavy atom. The van der Waals surface area contributed by atoms with E-state index in [4.69, 9.17) is 19.9 Å². The lowest BCUT2D eigenvalue weighted by atomic mass is 10.0. The van der Waals surface area contributed by atoms with Crippen LogP contribution in [0.25, 0.3) is 93.1 Å². The van der Waals surface area contributed by atoms with E-state index in [1.54, 1.807) is 0 Å². The van der Waals surface area contributed by atoms with Crippen LogP contribution in [-0.2, 0) is 0 Å². The Morgan fingerprint density at radius 2 is 1.02 bits per heavy atom. The number of hydrogen-bond donors (Lipinski definition) is 0. The highest BCUT2D eigenvalue weighted by atomic mass is 32.1. The highest BCUT2D eigenvalue weighted by Gasteiger charge is 2.21. The third-order valence-corrected chi connectivity index (χ3v) is 10.4. The maximum Gasteiger partial charge on any atom is 0.238 e. The monoisotopic (exact) mass is 657 g/mol. The molecule has 0 aliphatic carbocycles. The van der Waals surface area contributed by atoms with Crippen LogP contribution in [0.3, 0.4) is 0 Å². The molecule has 0 fully saturated rings. The van der Waals surface area contributed by atoms with E-state index < -0.39 is 0 Å². The van der Waals surface area contributed by atoms with E-state index in [1.165, 1.54) is 20.2 Å². The van der Waals surface area contributed by atoms with E-state index in [0.29, 0.717) is 17.6 Å². The summed E-state index contributed by atoms with van der Waals surface area (Å²) >= 11 is 1.81. The van der Waals surface area contributed by atoms with E-state index in [-0.39, 0.29) is 0 Å². The molecule has 4 heterocycles. The molecule has 10 aromatic rings. The van der Waals surface area contributed by atoms with Crippen molar-refractivity contribution in [2.75, 3.05) is 0 Å². The molecule has 0 aliphatic rings. The zero-order valence-corrected chi connectivity index (χ0v) is 27.5. The molecule has 50 heavy (non-hydrogen) atoms. The van der Waals surface area contributed by atoms with Gasteiger partial charge in [-0.15, -0.1) is 11.3 Å². The highest BCUT2D eigenvalue weighted by Crippen LogP contribution is 2.42. The van der Waals surface area contributed by atoms with Gasteiger partial charge in [0.05, 0.1) is 16.6 Å². The lowest BCUT2D eigenvalue weighted by Gasteiger charge is -2.12. The first-order valence-electron chi connectivity index (χ1n) is 16.6. The fourth-order valence-electron chi connectivity index (χ4n) is 7.01. The van der Waals surface area contributed by atoms with Crippen LogP contribution in [0.2, 0.25) is 0 Å². The topological polar surface area (TPSA) is 56.5 Å². The first-order chi connectivity index (χ1) is 24.8. The molecule has 0 aliphatic heterocycles. The fraction of sp³-hybridized carbons (Fsp3) is 0. The van der Waals surface area contributed by atoms with Crippen LogP contribution in [-0.4, -0.2) is 24.5 Å². The van der Waals surface area contributed by atoms with E-state index in [2.05, 4.69) is 144 Å². The van der Waals surface area contributed by atoms with Crippen LogP contribution in [0, 0.1) is 0 Å². The van der Waals surface area contributed by atoms with Crippen molar-refractivity contribution in [1.82, 2.24) is 24.5 Å². The molecule has 0 saturated heterocycles. The van der Waals surface area contributed by atoms with E-state index in [1.807, 2.05) is 35.7 Å². The summed E-state index contributed by atoms with van der Waals surface area (Å²) in [5.41, 5.74) is 9.20. The Balaban J connectivity index is 1.25. The predicted molar refractivity (Wildman–Crippen MR) is 207 cm³/mol. The Bertz CT molecular complexity index is 2770. The molecule has 6 aromatic carbocycles. The molecule has 234 valence electrons. The molecule has 0 saturated carbocycles. The fourth-order valence-corrected chi connectivity index (χ4v) is 8.12. The second-order valence-corrected chi connectivity index (χ2v) is 13.4. The molecule has 10 rings (SSSR count). The molecule has 0 unspecified atom stereocenters. The minimum absolute atomic E-state index is 0.548. The predicted octanol–water partition coefficient (Wildman–Crippen LogP) is 11.4. The van der Waals surface area contributed by atoms with Gasteiger partial charge in [-0.2, -0.15) is 9.97 Å². The van der Waals surface area contributed by atoms with Crippen molar-refractivity contribution >= 4 is 53.4 Å². The number of rotatable bonds is 5. The number of nitrogens with zero attached hydrogens (tertiary/aromatic N) is 5. The van der Waals surface area contributed by atoms with Crippen LogP contribution in [0.1, 0.15) is 0 Å². The molecular formula is C44H27N5S. The summed E-state index contributed by atoms with van der Waals surface area (Å²) in [6.45, 7) is 0. The van der Waals surface area contributed by atoms with Crippen molar-refractivity contribution in [3.8, 4) is 51.0 Å². The third-order valence-electron chi connectivity index (χ3n) is 9.31. The molecule has 5 nitrogen and oxygen atoms in total. The third kappa shape index (κ3) is 4.69. The molecule has 0 spiro atoms. The normalized spacial score (nSPS) is 11.6. The number of benzene rings is 6. The van der Waals surface area contributed by atoms with Gasteiger partial charge in [0.15, 0.2) is 11.6 Å². The van der Waals surface area contributed by atoms with Gasteiger partial charge in [-0.3, -0.25) is 9.55 Å². The van der Waals surface area contributed by atoms with Crippen LogP contribution in [0.5, 0.6) is 0 Å². The SMILES string of the molecule is c1ccc(-c2cccc(-c3nc(-c4cccc(-c5ccccc5)c4)nc(-n4c5cccnc5c5c6c(ccc54)sc4ccccc46)n3)c2)cc1. The van der Waals surface area contributed by atoms with Gasteiger partial charge in [0, 0.05) is 42.9 Å². The van der Waals surface area contributed by atoms with Crippen molar-refractivity contribution in [2.45, 2.75) is 0 Å². The van der Waals surface area contributed by atoms with Gasteiger partial charge in [0.2, 0.25) is 5.95 Å². The van der Waals surface area contributed by atoms with Crippen LogP contribution in [0.15, 0.2) is 164 Å². The number of thiophene rings is 1. The number of pyridine rings is 1. The van der Waals surface area contributed by atoms with Gasteiger partial charge in [-0.25, -0.2) is 4.98 Å². The van der Waals surface area contributed by atoms with Crippen molar-refractivity contribution in [3.63, 3.8) is 0 Å². The quantitative estimate of drug-likeness (QED) is 0.185. The lowest BCUT2D eigenvalue weighted by Crippen LogP contribution is -2.06. The van der Waals surface area contributed by atoms with Gasteiger partial charge in [0.1, 0.15) is 0 Å². The zero-order valence-electron chi connectivity index (χ0n) is 26.7. The summed E-state index contributed by atoms with van der Waals surface area (Å²) in [4.78, 5) is 20.6. The van der Waals surface area contributed by atoms with E-state index in [9.17, 15) is 0 Å². The molecule has 0 N–H and O–H groups in total. The Hall–Kier alpha value is -6.50. The van der Waals surface area contributed by atoms with Crippen LogP contribution in [0.4, 0.5) is 0 Å². The van der Waals surface area contributed by atoms with Gasteiger partial charge in [-0.1, -0.05) is 115 Å². The summed E-state index contributed by atoms with van der Waals surface area (Å²) in [5, 5.41) is 3.55. The van der Waals surface area contributed by atoms with Crippen molar-refractivity contribution in [3.05, 3.63) is 164 Å². The minimum atomic E-state index is 0.548. The Morgan fingerprint density at radius 1 is 0.420 bits per heavy atom. The second kappa shape index (κ2) is 11.6. The van der Waals surface area contributed by atoms with Gasteiger partial charge in [0.25, 0.3) is 0 Å². The minimum Gasteiger partial charge on any atom is -0.276 e. The first-order valence-corrected chi connectivity index (χ1v) is 17.4. The molecule has 0 atom stereocenters. The molecule has 4 aromatic heterocycles. The average Bonchev–Trinajstić information content (AvgIpc) is 3.74. The van der Waals surface area contributed by atoms with E-state index >= 15 is 0 Å². The molecule has 0 bridgehead atoms. The first kappa shape index (κ1) is 28.5. The molecule has 0 radical (unpaired) electrons. The largest absolute Gasteiger partial charge is 0.276 e. The Kier molecular flexibility index (Phi) is 6.60. The lowest BCUT2D eigenvalue weighted by molar-refractivity contribution is 0.953. The van der Waals surface area contributed by atoms with Crippen molar-refractivity contribution in [2.24, 2.45) is 0 Å². The van der Waals surface area contributed by atoms with E-state index in [0.717, 1.165) is 55.3 Å². The highest BCUT2D eigenvalue weighted by molar-refractivity contribution is 7.26. The summed E-state index contributed by atoms with van der Waals surface area (Å²) in [5.74, 6) is 1.76. The summed E-state index contributed by atoms with van der Waals surface area (Å²) < 4.78 is 4.64. The van der Waals surface area contributed by atoms with Crippen molar-refractivity contribution < 1.29 is 0 Å². The van der Waals surface area contributed by atoms with Crippen molar-refractivity contribution in [1.29, 1.82) is 0 Å². The van der Waals surface area contributed by atoms with Crippen LogP contribution < -0.4 is 0 Å². The standard InChI is InChI=1S/C44H27N5S/c1-3-12-28(13-4-1)30-16-9-18-32(26-30)42-46-43(33-19-10-17-31(27-33)29-14-5-2-6-15-29)48-44(47-42)49-35-23-24-38-39(34-20-7-8-22-37(34)50-38)40(35)41-36(49)21-11-25-45-41/h1-27H. The van der Waals surface area contributed by atoms with Crippen LogP contribution >= 0.6 is 11.3 Å². The smallest absolute Gasteiger partial charge is 0.238 e. The molecule has 0 amide bonds. The summed E-state index contributed by atoms with van der Waals surface area (Å²) in [6.07, 6.45) is 1.87. The maximum absolute atomic E-state index is 5.23. The van der Waals surface area contributed by atoms with Gasteiger partial charge >= 0.3 is 0 Å². The number of fused-ring (bicyclic) bond motifs is 7. The zero-order chi connectivity index (χ0) is 33.0. The second-order valence-electron chi connectivity index (χ2n) is 12.3. The Labute approximate surface area is 291 Å². The molecule has 6 heteroatoms. The number of hydrogen-bond acceptors (Lipinski definition) is 5. The maximum atomic E-state index is 5.23. The van der Waals surface area contributed by atoms with Gasteiger partial charge in [-0.05, 0) is 64.7 Å². The summed E-state index contributed by atoms with van der Waals surface area (Å²) in [7, 11) is 0. The summed E-state index contributed by atoms with van der Waals surface area (Å²) in [6, 6.07) is 54.8.